The minimum Gasteiger partial charge on any atom is -0.308 e. The fraction of sp³-hybridized carbons (Fsp3) is 0. The van der Waals surface area contributed by atoms with Crippen LogP contribution in [0.4, 0.5) is 0 Å². The van der Waals surface area contributed by atoms with Crippen LogP contribution in [0, 0.1) is 0 Å². The van der Waals surface area contributed by atoms with Crippen LogP contribution in [0.1, 0.15) is 0 Å². The van der Waals surface area contributed by atoms with Crippen LogP contribution >= 0.6 is 11.3 Å². The number of rotatable bonds is 6. The molecule has 11 rings (SSSR count). The van der Waals surface area contributed by atoms with Crippen molar-refractivity contribution in [3.05, 3.63) is 188 Å². The van der Waals surface area contributed by atoms with Gasteiger partial charge in [0.15, 0.2) is 17.5 Å². The van der Waals surface area contributed by atoms with Crippen LogP contribution in [0.5, 0.6) is 0 Å². The molecular weight excluding hydrogens is 703 g/mol. The largest absolute Gasteiger partial charge is 0.308 e. The predicted octanol–water partition coefficient (Wildman–Crippen LogP) is 13.1. The second kappa shape index (κ2) is 13.2. The molecule has 56 heavy (non-hydrogen) atoms. The molecule has 0 aliphatic heterocycles. The average Bonchev–Trinajstić information content (AvgIpc) is 3.83. The molecule has 4 aromatic heterocycles. The topological polar surface area (TPSA) is 56.5 Å². The van der Waals surface area contributed by atoms with Gasteiger partial charge in [-0.2, -0.15) is 0 Å². The van der Waals surface area contributed by atoms with Gasteiger partial charge in [0.2, 0.25) is 0 Å². The zero-order valence-corrected chi connectivity index (χ0v) is 30.9. The molecule has 5 nitrogen and oxygen atoms in total. The lowest BCUT2D eigenvalue weighted by Gasteiger charge is -2.16. The van der Waals surface area contributed by atoms with Crippen molar-refractivity contribution in [1.29, 1.82) is 0 Å². The number of nitrogens with zero attached hydrogens (tertiary/aromatic N) is 5. The third kappa shape index (κ3) is 5.38. The minimum absolute atomic E-state index is 0.597. The molecule has 6 heteroatoms. The highest BCUT2D eigenvalue weighted by molar-refractivity contribution is 7.26. The van der Waals surface area contributed by atoms with Crippen molar-refractivity contribution in [1.82, 2.24) is 24.5 Å². The van der Waals surface area contributed by atoms with Gasteiger partial charge in [0.05, 0.1) is 27.1 Å². The lowest BCUT2D eigenvalue weighted by atomic mass is 10.0. The minimum atomic E-state index is 0.597. The number of aromatic nitrogens is 5. The number of pyridine rings is 1. The Kier molecular flexibility index (Phi) is 7.60. The molecule has 0 radical (unpaired) electrons. The van der Waals surface area contributed by atoms with Crippen LogP contribution in [-0.4, -0.2) is 24.5 Å². The molecule has 0 aliphatic carbocycles. The predicted molar refractivity (Wildman–Crippen MR) is 232 cm³/mol. The first-order valence-corrected chi connectivity index (χ1v) is 19.5. The van der Waals surface area contributed by atoms with Gasteiger partial charge in [0.1, 0.15) is 0 Å². The summed E-state index contributed by atoms with van der Waals surface area (Å²) in [5.41, 5.74) is 10.2. The van der Waals surface area contributed by atoms with Crippen LogP contribution in [0.25, 0.3) is 104 Å². The first-order chi connectivity index (χ1) is 27.8. The molecular formula is C50H31N5S. The van der Waals surface area contributed by atoms with Crippen LogP contribution in [-0.2, 0) is 0 Å². The third-order valence-electron chi connectivity index (χ3n) is 10.5. The van der Waals surface area contributed by atoms with Crippen molar-refractivity contribution < 1.29 is 0 Å². The van der Waals surface area contributed by atoms with Gasteiger partial charge >= 0.3 is 0 Å². The SMILES string of the molecule is c1ccc(-c2ccc(-c3nc(-c4ccccc4)nc(-c4cccc(-c5nccc6c5sc5ccccc56)c4)n3)c(-n3c4ccccc4c4ccccc43)c2)cc1. The summed E-state index contributed by atoms with van der Waals surface area (Å²) in [6.07, 6.45) is 1.91. The standard InChI is InChI=1S/C50H31N5S/c1-3-14-32(15-4-1)34-26-27-41(44(31-34)55-42-23-10-7-20-37(42)38-21-8-11-24-43(38)55)50-53-48(33-16-5-2-6-17-33)52-49(54-50)36-19-13-18-35(30-36)46-47-40(28-29-51-46)39-22-9-12-25-45(39)56-47/h1-31H. The fourth-order valence-electron chi connectivity index (χ4n) is 7.90. The highest BCUT2D eigenvalue weighted by Gasteiger charge is 2.21. The van der Waals surface area contributed by atoms with Gasteiger partial charge in [-0.05, 0) is 53.6 Å². The van der Waals surface area contributed by atoms with Crippen LogP contribution < -0.4 is 0 Å². The molecule has 7 aromatic carbocycles. The van der Waals surface area contributed by atoms with Crippen molar-refractivity contribution in [2.24, 2.45) is 0 Å². The van der Waals surface area contributed by atoms with E-state index in [9.17, 15) is 0 Å². The zero-order chi connectivity index (χ0) is 37.0. The summed E-state index contributed by atoms with van der Waals surface area (Å²) < 4.78 is 4.78. The Labute approximate surface area is 326 Å². The van der Waals surface area contributed by atoms with Crippen molar-refractivity contribution >= 4 is 53.3 Å². The Morgan fingerprint density at radius 2 is 0.982 bits per heavy atom. The smallest absolute Gasteiger partial charge is 0.166 e. The number of hydrogen-bond acceptors (Lipinski definition) is 5. The van der Waals surface area contributed by atoms with E-state index in [1.165, 1.54) is 30.9 Å². The highest BCUT2D eigenvalue weighted by atomic mass is 32.1. The zero-order valence-electron chi connectivity index (χ0n) is 30.0. The molecule has 262 valence electrons. The van der Waals surface area contributed by atoms with E-state index in [2.05, 4.69) is 168 Å². The fourth-order valence-corrected chi connectivity index (χ4v) is 9.11. The van der Waals surface area contributed by atoms with Crippen molar-refractivity contribution in [3.63, 3.8) is 0 Å². The molecule has 0 atom stereocenters. The Morgan fingerprint density at radius 3 is 1.73 bits per heavy atom. The maximum Gasteiger partial charge on any atom is 0.166 e. The van der Waals surface area contributed by atoms with Gasteiger partial charge in [0, 0.05) is 54.7 Å². The molecule has 0 saturated heterocycles. The summed E-state index contributed by atoms with van der Waals surface area (Å²) in [6, 6.07) is 63.6. The quantitative estimate of drug-likeness (QED) is 0.171. The van der Waals surface area contributed by atoms with Gasteiger partial charge in [-0.1, -0.05) is 140 Å². The monoisotopic (exact) mass is 733 g/mol. The van der Waals surface area contributed by atoms with Gasteiger partial charge < -0.3 is 4.57 Å². The molecule has 0 saturated carbocycles. The van der Waals surface area contributed by atoms with Gasteiger partial charge in [-0.15, -0.1) is 11.3 Å². The van der Waals surface area contributed by atoms with E-state index in [1.54, 1.807) is 11.3 Å². The second-order valence-electron chi connectivity index (χ2n) is 13.9. The number of para-hydroxylation sites is 2. The molecule has 0 bridgehead atoms. The van der Waals surface area contributed by atoms with E-state index in [0.717, 1.165) is 55.8 Å². The Hall–Kier alpha value is -7.28. The normalized spacial score (nSPS) is 11.6. The molecule has 0 fully saturated rings. The van der Waals surface area contributed by atoms with Gasteiger partial charge in [-0.3, -0.25) is 4.98 Å². The van der Waals surface area contributed by atoms with E-state index >= 15 is 0 Å². The maximum atomic E-state index is 5.31. The van der Waals surface area contributed by atoms with E-state index in [4.69, 9.17) is 19.9 Å². The number of benzene rings is 7. The molecule has 11 aromatic rings. The summed E-state index contributed by atoms with van der Waals surface area (Å²) in [5.74, 6) is 1.81. The Morgan fingerprint density at radius 1 is 0.393 bits per heavy atom. The lowest BCUT2D eigenvalue weighted by molar-refractivity contribution is 1.06. The summed E-state index contributed by atoms with van der Waals surface area (Å²) in [5, 5.41) is 4.85. The third-order valence-corrected chi connectivity index (χ3v) is 11.7. The number of thiophene rings is 1. The first-order valence-electron chi connectivity index (χ1n) is 18.6. The average molecular weight is 734 g/mol. The summed E-state index contributed by atoms with van der Waals surface area (Å²) in [6.45, 7) is 0. The molecule has 0 spiro atoms. The van der Waals surface area contributed by atoms with E-state index < -0.39 is 0 Å². The van der Waals surface area contributed by atoms with E-state index in [1.807, 2.05) is 24.4 Å². The van der Waals surface area contributed by atoms with Gasteiger partial charge in [0.25, 0.3) is 0 Å². The lowest BCUT2D eigenvalue weighted by Crippen LogP contribution is -2.04. The maximum absolute atomic E-state index is 5.31. The molecule has 0 unspecified atom stereocenters. The highest BCUT2D eigenvalue weighted by Crippen LogP contribution is 2.41. The molecule has 0 amide bonds. The van der Waals surface area contributed by atoms with E-state index in [0.29, 0.717) is 17.5 Å². The molecule has 0 aliphatic rings. The Balaban J connectivity index is 1.15. The molecule has 0 N–H and O–H groups in total. The van der Waals surface area contributed by atoms with Crippen LogP contribution in [0.15, 0.2) is 188 Å². The van der Waals surface area contributed by atoms with Gasteiger partial charge in [-0.25, -0.2) is 15.0 Å². The first kappa shape index (κ1) is 32.2. The summed E-state index contributed by atoms with van der Waals surface area (Å²) in [4.78, 5) is 20.6. The van der Waals surface area contributed by atoms with Crippen LogP contribution in [0.3, 0.4) is 0 Å². The number of fused-ring (bicyclic) bond motifs is 6. The van der Waals surface area contributed by atoms with E-state index in [-0.39, 0.29) is 0 Å². The van der Waals surface area contributed by atoms with Crippen molar-refractivity contribution in [2.45, 2.75) is 0 Å². The number of hydrogen-bond donors (Lipinski definition) is 0. The Bertz CT molecular complexity index is 3200. The summed E-state index contributed by atoms with van der Waals surface area (Å²) >= 11 is 1.78. The second-order valence-corrected chi connectivity index (χ2v) is 14.9. The molecule has 4 heterocycles. The van der Waals surface area contributed by atoms with Crippen LogP contribution in [0.2, 0.25) is 0 Å². The van der Waals surface area contributed by atoms with Crippen molar-refractivity contribution in [2.75, 3.05) is 0 Å². The van der Waals surface area contributed by atoms with Crippen molar-refractivity contribution in [3.8, 4) is 62.2 Å². The summed E-state index contributed by atoms with van der Waals surface area (Å²) in [7, 11) is 0.